The van der Waals surface area contributed by atoms with Gasteiger partial charge in [0.15, 0.2) is 5.82 Å². The third kappa shape index (κ3) is 2.41. The number of nitrogens with zero attached hydrogens (tertiary/aromatic N) is 6. The van der Waals surface area contributed by atoms with Gasteiger partial charge in [-0.1, -0.05) is 11.6 Å². The van der Waals surface area contributed by atoms with Crippen molar-refractivity contribution in [1.29, 1.82) is 0 Å². The van der Waals surface area contributed by atoms with Crippen LogP contribution in [0.2, 0.25) is 5.02 Å². The second-order valence-corrected chi connectivity index (χ2v) is 4.25. The maximum absolute atomic E-state index is 13.4. The first-order valence-electron chi connectivity index (χ1n) is 5.45. The van der Waals surface area contributed by atoms with Crippen molar-refractivity contribution in [2.75, 3.05) is 5.73 Å². The molecule has 0 amide bonds. The first-order chi connectivity index (χ1) is 9.61. The van der Waals surface area contributed by atoms with E-state index in [0.29, 0.717) is 5.56 Å². The molecule has 2 N–H and O–H groups in total. The molecule has 1 aromatic carbocycles. The summed E-state index contributed by atoms with van der Waals surface area (Å²) in [4.78, 5) is 15.9. The summed E-state index contributed by atoms with van der Waals surface area (Å²) in [6.07, 6.45) is 2.75. The number of rotatable bonds is 2. The van der Waals surface area contributed by atoms with Gasteiger partial charge in [0, 0.05) is 10.6 Å². The van der Waals surface area contributed by atoms with Crippen LogP contribution in [0.5, 0.6) is 0 Å². The first kappa shape index (κ1) is 12.4. The molecule has 3 aromatic rings. The van der Waals surface area contributed by atoms with Crippen molar-refractivity contribution < 1.29 is 4.39 Å². The molecule has 0 unspecified atom stereocenters. The highest BCUT2D eigenvalue weighted by Gasteiger charge is 2.10. The minimum atomic E-state index is -0.492. The molecule has 0 radical (unpaired) electrons. The van der Waals surface area contributed by atoms with Crippen LogP contribution in [-0.4, -0.2) is 29.7 Å². The van der Waals surface area contributed by atoms with Gasteiger partial charge in [-0.3, -0.25) is 0 Å². The molecule has 0 saturated carbocycles. The molecule has 0 atom stereocenters. The Labute approximate surface area is 117 Å². The van der Waals surface area contributed by atoms with Gasteiger partial charge in [-0.25, -0.2) is 9.37 Å². The highest BCUT2D eigenvalue weighted by atomic mass is 35.5. The summed E-state index contributed by atoms with van der Waals surface area (Å²) in [6, 6.07) is 3.98. The van der Waals surface area contributed by atoms with Crippen molar-refractivity contribution in [3.05, 3.63) is 41.7 Å². The van der Waals surface area contributed by atoms with E-state index in [-0.39, 0.29) is 22.7 Å². The zero-order chi connectivity index (χ0) is 14.1. The van der Waals surface area contributed by atoms with Crippen LogP contribution in [0.25, 0.3) is 17.3 Å². The van der Waals surface area contributed by atoms with Crippen LogP contribution >= 0.6 is 11.6 Å². The molecule has 100 valence electrons. The maximum Gasteiger partial charge on any atom is 0.257 e. The zero-order valence-electron chi connectivity index (χ0n) is 9.90. The molecular weight excluding hydrogens is 285 g/mol. The summed E-state index contributed by atoms with van der Waals surface area (Å²) < 4.78 is 14.7. The van der Waals surface area contributed by atoms with E-state index in [0.717, 1.165) is 0 Å². The molecule has 0 saturated heterocycles. The molecule has 20 heavy (non-hydrogen) atoms. The Morgan fingerprint density at radius 1 is 1.15 bits per heavy atom. The summed E-state index contributed by atoms with van der Waals surface area (Å²) in [5, 5.41) is 4.13. The lowest BCUT2D eigenvalue weighted by Gasteiger charge is -2.05. The fraction of sp³-hybridized carbons (Fsp3) is 0. The number of halogens is 2. The van der Waals surface area contributed by atoms with Crippen molar-refractivity contribution in [3.8, 4) is 17.3 Å². The van der Waals surface area contributed by atoms with Gasteiger partial charge < -0.3 is 5.73 Å². The molecular formula is C11H7ClFN7. The highest BCUT2D eigenvalue weighted by molar-refractivity contribution is 6.30. The lowest BCUT2D eigenvalue weighted by Crippen LogP contribution is -2.08. The zero-order valence-corrected chi connectivity index (χ0v) is 10.7. The van der Waals surface area contributed by atoms with E-state index >= 15 is 0 Å². The van der Waals surface area contributed by atoms with Crippen LogP contribution in [0.4, 0.5) is 10.3 Å². The molecule has 0 aliphatic rings. The predicted molar refractivity (Wildman–Crippen MR) is 69.6 cm³/mol. The number of hydrogen-bond acceptors (Lipinski definition) is 6. The fourth-order valence-electron chi connectivity index (χ4n) is 1.61. The van der Waals surface area contributed by atoms with Gasteiger partial charge in [-0.2, -0.15) is 24.7 Å². The molecule has 0 spiro atoms. The Morgan fingerprint density at radius 2 is 2.00 bits per heavy atom. The number of anilines is 1. The van der Waals surface area contributed by atoms with Gasteiger partial charge in [-0.15, -0.1) is 0 Å². The lowest BCUT2D eigenvalue weighted by atomic mass is 10.2. The SMILES string of the molecule is Nc1nc(-c2cc(F)cc(Cl)c2)nc(-n2cncn2)n1. The van der Waals surface area contributed by atoms with Gasteiger partial charge in [-0.05, 0) is 18.2 Å². The van der Waals surface area contributed by atoms with E-state index in [9.17, 15) is 4.39 Å². The van der Waals surface area contributed by atoms with Gasteiger partial charge >= 0.3 is 0 Å². The molecule has 2 heterocycles. The molecule has 0 aliphatic carbocycles. The molecule has 7 nitrogen and oxygen atoms in total. The molecule has 0 aliphatic heterocycles. The van der Waals surface area contributed by atoms with Crippen LogP contribution in [0.3, 0.4) is 0 Å². The minimum Gasteiger partial charge on any atom is -0.368 e. The van der Waals surface area contributed by atoms with Crippen LogP contribution in [0.1, 0.15) is 0 Å². The predicted octanol–water partition coefficient (Wildman–Crippen LogP) is 1.49. The van der Waals surface area contributed by atoms with Crippen molar-refractivity contribution in [2.45, 2.75) is 0 Å². The number of nitrogen functional groups attached to an aromatic ring is 1. The topological polar surface area (TPSA) is 95.4 Å². The second-order valence-electron chi connectivity index (χ2n) is 3.82. The van der Waals surface area contributed by atoms with Crippen molar-refractivity contribution in [2.24, 2.45) is 0 Å². The quantitative estimate of drug-likeness (QED) is 0.768. The Balaban J connectivity index is 2.14. The highest BCUT2D eigenvalue weighted by Crippen LogP contribution is 2.22. The average Bonchev–Trinajstić information content (AvgIpc) is 2.90. The van der Waals surface area contributed by atoms with E-state index in [1.165, 1.54) is 35.5 Å². The Kier molecular flexibility index (Phi) is 2.99. The summed E-state index contributed by atoms with van der Waals surface area (Å²) in [5.74, 6) is -0.121. The van der Waals surface area contributed by atoms with Gasteiger partial charge in [0.1, 0.15) is 18.5 Å². The summed E-state index contributed by atoms with van der Waals surface area (Å²) in [7, 11) is 0. The van der Waals surface area contributed by atoms with Gasteiger partial charge in [0.2, 0.25) is 5.95 Å². The Morgan fingerprint density at radius 3 is 2.70 bits per heavy atom. The minimum absolute atomic E-state index is 0.0131. The first-order valence-corrected chi connectivity index (χ1v) is 5.82. The molecule has 0 fully saturated rings. The van der Waals surface area contributed by atoms with Gasteiger partial charge in [0.05, 0.1) is 0 Å². The molecule has 3 rings (SSSR count). The van der Waals surface area contributed by atoms with Gasteiger partial charge in [0.25, 0.3) is 5.95 Å². The number of nitrogens with two attached hydrogens (primary N) is 1. The maximum atomic E-state index is 13.4. The third-order valence-corrected chi connectivity index (χ3v) is 2.60. The summed E-state index contributed by atoms with van der Waals surface area (Å²) in [6.45, 7) is 0. The lowest BCUT2D eigenvalue weighted by molar-refractivity contribution is 0.628. The molecule has 0 bridgehead atoms. The van der Waals surface area contributed by atoms with E-state index in [4.69, 9.17) is 17.3 Å². The van der Waals surface area contributed by atoms with Crippen LogP contribution in [-0.2, 0) is 0 Å². The molecule has 2 aromatic heterocycles. The van der Waals surface area contributed by atoms with Crippen LogP contribution in [0.15, 0.2) is 30.9 Å². The largest absolute Gasteiger partial charge is 0.368 e. The summed E-state index contributed by atoms with van der Waals surface area (Å²) >= 11 is 5.81. The van der Waals surface area contributed by atoms with E-state index in [1.807, 2.05) is 0 Å². The monoisotopic (exact) mass is 291 g/mol. The fourth-order valence-corrected chi connectivity index (χ4v) is 1.83. The number of hydrogen-bond donors (Lipinski definition) is 1. The van der Waals surface area contributed by atoms with Crippen molar-refractivity contribution in [1.82, 2.24) is 29.7 Å². The van der Waals surface area contributed by atoms with Crippen molar-refractivity contribution in [3.63, 3.8) is 0 Å². The average molecular weight is 292 g/mol. The van der Waals surface area contributed by atoms with Crippen molar-refractivity contribution >= 4 is 17.5 Å². The Bertz CT molecular complexity index is 739. The normalized spacial score (nSPS) is 10.7. The van der Waals surface area contributed by atoms with Crippen LogP contribution in [0, 0.1) is 5.82 Å². The molecule has 9 heteroatoms. The number of aromatic nitrogens is 6. The van der Waals surface area contributed by atoms with E-state index in [1.54, 1.807) is 0 Å². The summed E-state index contributed by atoms with van der Waals surface area (Å²) in [5.41, 5.74) is 6.02. The van der Waals surface area contributed by atoms with E-state index < -0.39 is 5.82 Å². The third-order valence-electron chi connectivity index (χ3n) is 2.39. The number of benzene rings is 1. The van der Waals surface area contributed by atoms with Crippen LogP contribution < -0.4 is 5.73 Å². The Hall–Kier alpha value is -2.61. The standard InChI is InChI=1S/C11H7ClFN7/c12-7-1-6(2-8(13)3-7)9-17-10(14)19-11(18-9)20-5-15-4-16-20/h1-5H,(H2,14,17,18,19). The second kappa shape index (κ2) is 4.82. The smallest absolute Gasteiger partial charge is 0.257 e. The van der Waals surface area contributed by atoms with E-state index in [2.05, 4.69) is 25.0 Å².